The van der Waals surface area contributed by atoms with Crippen LogP contribution in [-0.2, 0) is 0 Å². The number of benzene rings is 1. The molecule has 0 spiro atoms. The van der Waals surface area contributed by atoms with Gasteiger partial charge in [-0.25, -0.2) is 4.98 Å². The fraction of sp³-hybridized carbons (Fsp3) is 0.333. The number of furan rings is 1. The lowest BCUT2D eigenvalue weighted by Crippen LogP contribution is -2.47. The highest BCUT2D eigenvalue weighted by Gasteiger charge is 2.28. The van der Waals surface area contributed by atoms with Crippen LogP contribution in [0.5, 0.6) is 0 Å². The number of amides is 1. The Morgan fingerprint density at radius 1 is 1.23 bits per heavy atom. The number of hydrogen-bond acceptors (Lipinski definition) is 5. The average molecular weight is 414 g/mol. The monoisotopic (exact) mass is 413 g/mol. The number of carbonyl (C=O) groups excluding carboxylic acids is 1. The molecule has 0 saturated carbocycles. The van der Waals surface area contributed by atoms with Crippen molar-refractivity contribution in [3.8, 4) is 10.8 Å². The van der Waals surface area contributed by atoms with Crippen molar-refractivity contribution < 1.29 is 9.21 Å². The van der Waals surface area contributed by atoms with Crippen molar-refractivity contribution in [3.05, 3.63) is 42.2 Å². The zero-order valence-electron chi connectivity index (χ0n) is 14.1. The van der Waals surface area contributed by atoms with Gasteiger partial charge in [0.1, 0.15) is 0 Å². The molecule has 1 unspecified atom stereocenters. The Morgan fingerprint density at radius 2 is 2.04 bits per heavy atom. The van der Waals surface area contributed by atoms with Crippen LogP contribution in [0.1, 0.15) is 29.8 Å². The van der Waals surface area contributed by atoms with Gasteiger partial charge in [-0.1, -0.05) is 12.1 Å². The normalized spacial score (nSPS) is 16.8. The molecule has 8 heteroatoms. The molecule has 1 aliphatic heterocycles. The molecule has 3 heterocycles. The van der Waals surface area contributed by atoms with Gasteiger partial charge in [-0.15, -0.1) is 36.2 Å². The summed E-state index contributed by atoms with van der Waals surface area (Å²) in [6.45, 7) is 1.25. The Kier molecular flexibility index (Phi) is 7.06. The van der Waals surface area contributed by atoms with Gasteiger partial charge in [-0.05, 0) is 43.5 Å². The average Bonchev–Trinajstić information content (AvgIpc) is 3.27. The van der Waals surface area contributed by atoms with E-state index in [0.717, 1.165) is 41.0 Å². The van der Waals surface area contributed by atoms with E-state index in [4.69, 9.17) is 10.2 Å². The minimum absolute atomic E-state index is 0. The Morgan fingerprint density at radius 3 is 2.81 bits per heavy atom. The molecule has 3 aromatic rings. The summed E-state index contributed by atoms with van der Waals surface area (Å²) in [5.41, 5.74) is 6.76. The van der Waals surface area contributed by atoms with E-state index in [9.17, 15) is 4.79 Å². The third-order valence-electron chi connectivity index (χ3n) is 4.48. The molecule has 1 amide bonds. The van der Waals surface area contributed by atoms with Gasteiger partial charge in [0.15, 0.2) is 16.5 Å². The number of hydrogen-bond donors (Lipinski definition) is 1. The zero-order chi connectivity index (χ0) is 16.5. The van der Waals surface area contributed by atoms with Gasteiger partial charge in [0, 0.05) is 19.1 Å². The standard InChI is InChI=1S/C18H19N3O2S.2ClH/c19-11-12-5-3-4-10-21(12)18(22)15-9-8-14(23-15)17-20-13-6-1-2-7-16(13)24-17;;/h1-2,6-9,12H,3-5,10-11,19H2;2*1H. The molecular formula is C18H21Cl2N3O2S. The van der Waals surface area contributed by atoms with Gasteiger partial charge < -0.3 is 15.1 Å². The smallest absolute Gasteiger partial charge is 0.289 e. The lowest BCUT2D eigenvalue weighted by Gasteiger charge is -2.34. The summed E-state index contributed by atoms with van der Waals surface area (Å²) >= 11 is 1.57. The topological polar surface area (TPSA) is 72.4 Å². The van der Waals surface area contributed by atoms with E-state index < -0.39 is 0 Å². The number of thiazole rings is 1. The third-order valence-corrected chi connectivity index (χ3v) is 5.53. The predicted molar refractivity (Wildman–Crippen MR) is 110 cm³/mol. The zero-order valence-corrected chi connectivity index (χ0v) is 16.5. The number of nitrogens with zero attached hydrogens (tertiary/aromatic N) is 2. The van der Waals surface area contributed by atoms with Crippen LogP contribution < -0.4 is 5.73 Å². The van der Waals surface area contributed by atoms with Crippen LogP contribution in [0, 0.1) is 0 Å². The molecule has 0 radical (unpaired) electrons. The van der Waals surface area contributed by atoms with Crippen molar-refractivity contribution in [2.75, 3.05) is 13.1 Å². The van der Waals surface area contributed by atoms with Gasteiger partial charge in [-0.2, -0.15) is 0 Å². The number of para-hydroxylation sites is 1. The molecule has 1 saturated heterocycles. The second-order valence-electron chi connectivity index (χ2n) is 6.03. The molecule has 1 aliphatic rings. The molecule has 2 N–H and O–H groups in total. The first kappa shape index (κ1) is 20.7. The Hall–Kier alpha value is -1.60. The lowest BCUT2D eigenvalue weighted by molar-refractivity contribution is 0.0592. The number of aromatic nitrogens is 1. The highest BCUT2D eigenvalue weighted by molar-refractivity contribution is 7.21. The lowest BCUT2D eigenvalue weighted by atomic mass is 10.0. The van der Waals surface area contributed by atoms with Crippen molar-refractivity contribution in [2.45, 2.75) is 25.3 Å². The fourth-order valence-electron chi connectivity index (χ4n) is 3.20. The van der Waals surface area contributed by atoms with E-state index in [0.29, 0.717) is 18.1 Å². The van der Waals surface area contributed by atoms with E-state index in [-0.39, 0.29) is 36.8 Å². The Bertz CT molecular complexity index is 847. The summed E-state index contributed by atoms with van der Waals surface area (Å²) < 4.78 is 6.93. The molecule has 1 fully saturated rings. The molecule has 4 rings (SSSR count). The molecule has 1 atom stereocenters. The number of piperidine rings is 1. The van der Waals surface area contributed by atoms with Gasteiger partial charge in [0.05, 0.1) is 10.2 Å². The maximum absolute atomic E-state index is 12.7. The van der Waals surface area contributed by atoms with Crippen LogP contribution in [0.4, 0.5) is 0 Å². The molecule has 26 heavy (non-hydrogen) atoms. The molecule has 1 aromatic carbocycles. The van der Waals surface area contributed by atoms with E-state index in [1.165, 1.54) is 0 Å². The highest BCUT2D eigenvalue weighted by Crippen LogP contribution is 2.31. The fourth-order valence-corrected chi connectivity index (χ4v) is 4.13. The molecule has 5 nitrogen and oxygen atoms in total. The summed E-state index contributed by atoms with van der Waals surface area (Å²) in [4.78, 5) is 19.2. The van der Waals surface area contributed by atoms with Crippen molar-refractivity contribution in [1.29, 1.82) is 0 Å². The van der Waals surface area contributed by atoms with E-state index >= 15 is 0 Å². The van der Waals surface area contributed by atoms with E-state index in [2.05, 4.69) is 4.98 Å². The summed E-state index contributed by atoms with van der Waals surface area (Å²) in [7, 11) is 0. The highest BCUT2D eigenvalue weighted by atomic mass is 35.5. The van der Waals surface area contributed by atoms with Crippen molar-refractivity contribution in [3.63, 3.8) is 0 Å². The van der Waals surface area contributed by atoms with Crippen LogP contribution in [-0.4, -0.2) is 34.9 Å². The summed E-state index contributed by atoms with van der Waals surface area (Å²) in [5, 5.41) is 0.796. The second kappa shape index (κ2) is 8.86. The van der Waals surface area contributed by atoms with Crippen molar-refractivity contribution in [1.82, 2.24) is 9.88 Å². The van der Waals surface area contributed by atoms with Crippen LogP contribution in [0.2, 0.25) is 0 Å². The number of halogens is 2. The van der Waals surface area contributed by atoms with Crippen LogP contribution in [0.15, 0.2) is 40.8 Å². The van der Waals surface area contributed by atoms with Gasteiger partial charge in [-0.3, -0.25) is 4.79 Å². The van der Waals surface area contributed by atoms with Crippen LogP contribution >= 0.6 is 36.2 Å². The number of likely N-dealkylation sites (tertiary alicyclic amines) is 1. The van der Waals surface area contributed by atoms with Gasteiger partial charge >= 0.3 is 0 Å². The first-order valence-electron chi connectivity index (χ1n) is 8.23. The van der Waals surface area contributed by atoms with E-state index in [1.807, 2.05) is 35.2 Å². The van der Waals surface area contributed by atoms with Crippen molar-refractivity contribution >= 4 is 52.3 Å². The van der Waals surface area contributed by atoms with E-state index in [1.54, 1.807) is 17.4 Å². The largest absolute Gasteiger partial charge is 0.448 e. The number of fused-ring (bicyclic) bond motifs is 1. The second-order valence-corrected chi connectivity index (χ2v) is 7.07. The number of nitrogens with two attached hydrogens (primary N) is 1. The maximum Gasteiger partial charge on any atom is 0.289 e. The summed E-state index contributed by atoms with van der Waals surface area (Å²) in [6, 6.07) is 11.6. The van der Waals surface area contributed by atoms with Crippen LogP contribution in [0.25, 0.3) is 21.0 Å². The molecule has 140 valence electrons. The maximum atomic E-state index is 12.7. The number of carbonyl (C=O) groups is 1. The minimum atomic E-state index is -0.0717. The minimum Gasteiger partial charge on any atom is -0.448 e. The van der Waals surface area contributed by atoms with Gasteiger partial charge in [0.25, 0.3) is 5.91 Å². The number of rotatable bonds is 3. The molecular weight excluding hydrogens is 393 g/mol. The van der Waals surface area contributed by atoms with Crippen molar-refractivity contribution in [2.24, 2.45) is 5.73 Å². The SMILES string of the molecule is Cl.Cl.NCC1CCCCN1C(=O)c1ccc(-c2nc3ccccc3s2)o1. The third kappa shape index (κ3) is 3.88. The summed E-state index contributed by atoms with van der Waals surface area (Å²) in [6.07, 6.45) is 3.11. The van der Waals surface area contributed by atoms with Crippen LogP contribution in [0.3, 0.4) is 0 Å². The Balaban J connectivity index is 0.00000121. The quantitative estimate of drug-likeness (QED) is 0.692. The molecule has 2 aromatic heterocycles. The first-order valence-corrected chi connectivity index (χ1v) is 9.05. The first-order chi connectivity index (χ1) is 11.8. The van der Waals surface area contributed by atoms with Gasteiger partial charge in [0.2, 0.25) is 0 Å². The molecule has 0 aliphatic carbocycles. The Labute approximate surface area is 168 Å². The molecule has 0 bridgehead atoms. The predicted octanol–water partition coefficient (Wildman–Crippen LogP) is 4.35. The summed E-state index contributed by atoms with van der Waals surface area (Å²) in [5.74, 6) is 0.933.